The maximum atomic E-state index is 13.7. The SMILES string of the molecule is O=C(N1CCCCC1)N(Cc1ccc(-c2nnc(C(F)F)o2)nc1)c1ccc(F)c(Cl)c1. The van der Waals surface area contributed by atoms with Crippen LogP contribution in [0.15, 0.2) is 40.9 Å². The maximum Gasteiger partial charge on any atom is 0.324 e. The standard InChI is InChI=1S/C21H19ClF3N5O2/c22-15-10-14(5-6-16(15)23)30(21(31)29-8-2-1-3-9-29)12-13-4-7-17(26-11-13)19-27-28-20(32-19)18(24)25/h4-7,10-11,18H,1-3,8-9,12H2. The average Bonchev–Trinajstić information content (AvgIpc) is 3.31. The molecule has 0 saturated carbocycles. The van der Waals surface area contributed by atoms with Crippen molar-refractivity contribution in [2.45, 2.75) is 32.2 Å². The van der Waals surface area contributed by atoms with Crippen LogP contribution in [0.3, 0.4) is 0 Å². The van der Waals surface area contributed by atoms with Gasteiger partial charge in [0.2, 0.25) is 0 Å². The molecule has 1 aliphatic rings. The number of anilines is 1. The quantitative estimate of drug-likeness (QED) is 0.499. The third kappa shape index (κ3) is 4.85. The van der Waals surface area contributed by atoms with Crippen LogP contribution in [0.2, 0.25) is 5.02 Å². The molecular formula is C21H19ClF3N5O2. The van der Waals surface area contributed by atoms with Crippen LogP contribution in [0.5, 0.6) is 0 Å². The highest BCUT2D eigenvalue weighted by atomic mass is 35.5. The molecule has 32 heavy (non-hydrogen) atoms. The van der Waals surface area contributed by atoms with E-state index in [0.29, 0.717) is 24.3 Å². The molecule has 7 nitrogen and oxygen atoms in total. The lowest BCUT2D eigenvalue weighted by molar-refractivity contribution is 0.116. The summed E-state index contributed by atoms with van der Waals surface area (Å²) in [4.78, 5) is 20.7. The van der Waals surface area contributed by atoms with E-state index in [9.17, 15) is 18.0 Å². The van der Waals surface area contributed by atoms with Gasteiger partial charge in [0.15, 0.2) is 0 Å². The van der Waals surface area contributed by atoms with Gasteiger partial charge in [0.05, 0.1) is 11.6 Å². The number of carbonyl (C=O) groups is 1. The Labute approximate surface area is 186 Å². The fourth-order valence-corrected chi connectivity index (χ4v) is 3.61. The number of alkyl halides is 2. The van der Waals surface area contributed by atoms with Gasteiger partial charge >= 0.3 is 12.5 Å². The highest BCUT2D eigenvalue weighted by molar-refractivity contribution is 6.31. The van der Waals surface area contributed by atoms with E-state index in [4.69, 9.17) is 16.0 Å². The van der Waals surface area contributed by atoms with Crippen molar-refractivity contribution >= 4 is 23.3 Å². The van der Waals surface area contributed by atoms with Crippen molar-refractivity contribution in [2.24, 2.45) is 0 Å². The number of benzene rings is 1. The smallest absolute Gasteiger partial charge is 0.324 e. The number of hydrogen-bond acceptors (Lipinski definition) is 5. The fourth-order valence-electron chi connectivity index (χ4n) is 3.43. The first-order chi connectivity index (χ1) is 15.4. The second kappa shape index (κ2) is 9.56. The van der Waals surface area contributed by atoms with E-state index in [1.54, 1.807) is 17.0 Å². The number of carbonyl (C=O) groups excluding carboxylic acids is 1. The molecule has 2 amide bonds. The maximum absolute atomic E-state index is 13.7. The fraction of sp³-hybridized carbons (Fsp3) is 0.333. The minimum atomic E-state index is -2.87. The summed E-state index contributed by atoms with van der Waals surface area (Å²) in [5.74, 6) is -1.48. The molecule has 3 heterocycles. The lowest BCUT2D eigenvalue weighted by Crippen LogP contribution is -2.45. The molecule has 2 aromatic heterocycles. The summed E-state index contributed by atoms with van der Waals surface area (Å²) >= 11 is 5.95. The summed E-state index contributed by atoms with van der Waals surface area (Å²) in [5, 5.41) is 6.77. The van der Waals surface area contributed by atoms with E-state index in [-0.39, 0.29) is 29.2 Å². The van der Waals surface area contributed by atoms with Gasteiger partial charge in [-0.1, -0.05) is 17.7 Å². The second-order valence-corrected chi connectivity index (χ2v) is 7.72. The van der Waals surface area contributed by atoms with Crippen LogP contribution in [-0.4, -0.2) is 39.2 Å². The minimum Gasteiger partial charge on any atom is -0.414 e. The first-order valence-electron chi connectivity index (χ1n) is 10.0. The normalized spacial score (nSPS) is 14.1. The van der Waals surface area contributed by atoms with Gasteiger partial charge in [-0.25, -0.2) is 9.18 Å². The van der Waals surface area contributed by atoms with Crippen molar-refractivity contribution in [2.75, 3.05) is 18.0 Å². The molecule has 1 saturated heterocycles. The molecular weight excluding hydrogens is 447 g/mol. The predicted octanol–water partition coefficient (Wildman–Crippen LogP) is 5.47. The number of nitrogens with zero attached hydrogens (tertiary/aromatic N) is 5. The van der Waals surface area contributed by atoms with Crippen LogP contribution in [0.4, 0.5) is 23.7 Å². The third-order valence-corrected chi connectivity index (χ3v) is 5.37. The zero-order valence-electron chi connectivity index (χ0n) is 16.8. The van der Waals surface area contributed by atoms with Crippen molar-refractivity contribution in [1.29, 1.82) is 0 Å². The van der Waals surface area contributed by atoms with Crippen LogP contribution >= 0.6 is 11.6 Å². The van der Waals surface area contributed by atoms with Crippen LogP contribution < -0.4 is 4.90 Å². The molecule has 3 aromatic rings. The lowest BCUT2D eigenvalue weighted by Gasteiger charge is -2.33. The van der Waals surface area contributed by atoms with Crippen molar-refractivity contribution in [3.05, 3.63) is 58.8 Å². The van der Waals surface area contributed by atoms with Crippen molar-refractivity contribution in [3.8, 4) is 11.6 Å². The summed E-state index contributed by atoms with van der Waals surface area (Å²) in [6.45, 7) is 1.44. The van der Waals surface area contributed by atoms with Gasteiger partial charge < -0.3 is 9.32 Å². The summed E-state index contributed by atoms with van der Waals surface area (Å²) in [6, 6.07) is 7.12. The second-order valence-electron chi connectivity index (χ2n) is 7.31. The lowest BCUT2D eigenvalue weighted by atomic mass is 10.1. The zero-order valence-corrected chi connectivity index (χ0v) is 17.6. The third-order valence-electron chi connectivity index (χ3n) is 5.08. The average molecular weight is 466 g/mol. The summed E-state index contributed by atoms with van der Waals surface area (Å²) in [5.41, 5.74) is 1.34. The molecule has 4 rings (SSSR count). The van der Waals surface area contributed by atoms with Gasteiger partial charge in [-0.15, -0.1) is 10.2 Å². The molecule has 0 unspecified atom stereocenters. The minimum absolute atomic E-state index is 0.0846. The van der Waals surface area contributed by atoms with E-state index < -0.39 is 18.1 Å². The van der Waals surface area contributed by atoms with Gasteiger partial charge in [-0.05, 0) is 49.1 Å². The highest BCUT2D eigenvalue weighted by Crippen LogP contribution is 2.27. The molecule has 0 spiro atoms. The van der Waals surface area contributed by atoms with Crippen LogP contribution in [-0.2, 0) is 6.54 Å². The first-order valence-corrected chi connectivity index (χ1v) is 10.4. The van der Waals surface area contributed by atoms with Gasteiger partial charge in [-0.2, -0.15) is 8.78 Å². The van der Waals surface area contributed by atoms with Crippen LogP contribution in [0, 0.1) is 5.82 Å². The van der Waals surface area contributed by atoms with Crippen molar-refractivity contribution < 1.29 is 22.4 Å². The molecule has 11 heteroatoms. The number of rotatable bonds is 5. The number of halogens is 4. The molecule has 0 aliphatic carbocycles. The van der Waals surface area contributed by atoms with Gasteiger partial charge in [0.25, 0.3) is 11.8 Å². The molecule has 1 aliphatic heterocycles. The Morgan fingerprint density at radius 1 is 1.16 bits per heavy atom. The summed E-state index contributed by atoms with van der Waals surface area (Å²) in [7, 11) is 0. The molecule has 0 radical (unpaired) electrons. The van der Waals surface area contributed by atoms with Crippen LogP contribution in [0.1, 0.15) is 37.1 Å². The van der Waals surface area contributed by atoms with E-state index in [0.717, 1.165) is 19.3 Å². The summed E-state index contributed by atoms with van der Waals surface area (Å²) < 4.78 is 43.9. The number of likely N-dealkylation sites (tertiary alicyclic amines) is 1. The van der Waals surface area contributed by atoms with E-state index >= 15 is 0 Å². The Kier molecular flexibility index (Phi) is 6.59. The number of hydrogen-bond donors (Lipinski definition) is 0. The number of urea groups is 1. The van der Waals surface area contributed by atoms with Gasteiger partial charge in [-0.3, -0.25) is 9.88 Å². The Hall–Kier alpha value is -3.14. The van der Waals surface area contributed by atoms with Crippen molar-refractivity contribution in [3.63, 3.8) is 0 Å². The highest BCUT2D eigenvalue weighted by Gasteiger charge is 2.25. The zero-order chi connectivity index (χ0) is 22.7. The number of amides is 2. The molecule has 0 atom stereocenters. The Morgan fingerprint density at radius 3 is 2.56 bits per heavy atom. The van der Waals surface area contributed by atoms with Crippen molar-refractivity contribution in [1.82, 2.24) is 20.1 Å². The largest absolute Gasteiger partial charge is 0.414 e. The Bertz CT molecular complexity index is 1090. The first kappa shape index (κ1) is 22.1. The monoisotopic (exact) mass is 465 g/mol. The van der Waals surface area contributed by atoms with Crippen LogP contribution in [0.25, 0.3) is 11.6 Å². The molecule has 1 fully saturated rings. The Morgan fingerprint density at radius 2 is 1.94 bits per heavy atom. The predicted molar refractivity (Wildman–Crippen MR) is 111 cm³/mol. The van der Waals surface area contributed by atoms with E-state index in [2.05, 4.69) is 15.2 Å². The molecule has 168 valence electrons. The van der Waals surface area contributed by atoms with E-state index in [1.807, 2.05) is 0 Å². The number of piperidine rings is 1. The van der Waals surface area contributed by atoms with E-state index in [1.165, 1.54) is 29.3 Å². The molecule has 0 bridgehead atoms. The number of pyridine rings is 1. The summed E-state index contributed by atoms with van der Waals surface area (Å²) in [6.07, 6.45) is 1.53. The number of aromatic nitrogens is 3. The molecule has 1 aromatic carbocycles. The van der Waals surface area contributed by atoms with Gasteiger partial charge in [0.1, 0.15) is 11.5 Å². The topological polar surface area (TPSA) is 75.4 Å². The Balaban J connectivity index is 1.58. The molecule has 0 N–H and O–H groups in total. The van der Waals surface area contributed by atoms with Gasteiger partial charge in [0, 0.05) is 25.0 Å².